The Kier molecular flexibility index (Phi) is 8.16. The van der Waals surface area contributed by atoms with Gasteiger partial charge >= 0.3 is 0 Å². The molecule has 0 spiro atoms. The van der Waals surface area contributed by atoms with Crippen molar-refractivity contribution in [1.82, 2.24) is 0 Å². The number of aliphatic imine (C=N–C) groups is 3. The summed E-state index contributed by atoms with van der Waals surface area (Å²) in [6, 6.07) is 19.0. The highest BCUT2D eigenvalue weighted by Crippen LogP contribution is 2.42. The van der Waals surface area contributed by atoms with Gasteiger partial charge in [0, 0.05) is 29.0 Å². The van der Waals surface area contributed by atoms with Crippen LogP contribution in [-0.4, -0.2) is 25.0 Å². The minimum atomic E-state index is 0.687. The van der Waals surface area contributed by atoms with E-state index in [9.17, 15) is 0 Å². The molecule has 0 aromatic heterocycles. The van der Waals surface area contributed by atoms with E-state index >= 15 is 0 Å². The van der Waals surface area contributed by atoms with Crippen molar-refractivity contribution in [3.05, 3.63) is 54.1 Å². The summed E-state index contributed by atoms with van der Waals surface area (Å²) < 4.78 is 0. The summed E-state index contributed by atoms with van der Waals surface area (Å²) in [6.45, 7) is 5.39. The number of rotatable bonds is 7. The van der Waals surface area contributed by atoms with Gasteiger partial charge in [-0.3, -0.25) is 0 Å². The van der Waals surface area contributed by atoms with Crippen molar-refractivity contribution in [2.75, 3.05) is 13.1 Å². The molecular weight excluding hydrogens is 334 g/mol. The minimum Gasteiger partial charge on any atom is -0.243 e. The van der Waals surface area contributed by atoms with Gasteiger partial charge in [-0.05, 0) is 43.5 Å². The van der Waals surface area contributed by atoms with Crippen LogP contribution in [0, 0.1) is 0 Å². The molecule has 2 aromatic carbocycles. The third kappa shape index (κ3) is 5.88. The van der Waals surface area contributed by atoms with Crippen LogP contribution < -0.4 is 0 Å². The van der Waals surface area contributed by atoms with Crippen molar-refractivity contribution in [2.45, 2.75) is 23.6 Å². The molecule has 0 unspecified atom stereocenters. The number of para-hydroxylation sites is 1. The lowest BCUT2D eigenvalue weighted by molar-refractivity contribution is 1.14. The zero-order valence-electron chi connectivity index (χ0n) is 13.8. The summed E-state index contributed by atoms with van der Waals surface area (Å²) in [7, 11) is 3.37. The molecule has 0 fully saturated rings. The maximum atomic E-state index is 4.31. The standard InChI is InChI=1S/C19H19N3S2/c1-3-20-14-13-16-9-5-7-11-18(16)23-24-19-12-8-6-10-17(19)22-15-21-4-2/h5-13H,3-4H2,1-2H3. The Morgan fingerprint density at radius 3 is 2.33 bits per heavy atom. The second-order valence-corrected chi connectivity index (χ2v) is 6.82. The summed E-state index contributed by atoms with van der Waals surface area (Å²) in [5.74, 6) is 2.97. The first-order valence-electron chi connectivity index (χ1n) is 7.75. The summed E-state index contributed by atoms with van der Waals surface area (Å²) in [6.07, 6.45) is 1.92. The largest absolute Gasteiger partial charge is 0.243 e. The Morgan fingerprint density at radius 2 is 1.54 bits per heavy atom. The van der Waals surface area contributed by atoms with E-state index in [-0.39, 0.29) is 0 Å². The van der Waals surface area contributed by atoms with Crippen LogP contribution in [0.4, 0.5) is 5.69 Å². The molecule has 0 N–H and O–H groups in total. The van der Waals surface area contributed by atoms with Crippen molar-refractivity contribution in [1.29, 1.82) is 0 Å². The molecule has 122 valence electrons. The molecule has 5 heteroatoms. The number of hydrogen-bond acceptors (Lipinski definition) is 5. The lowest BCUT2D eigenvalue weighted by atomic mass is 10.2. The van der Waals surface area contributed by atoms with Gasteiger partial charge in [0.1, 0.15) is 0 Å². The molecule has 2 aromatic rings. The summed E-state index contributed by atoms with van der Waals surface area (Å²) in [5.41, 5.74) is 1.99. The smallest absolute Gasteiger partial charge is 0.0949 e. The van der Waals surface area contributed by atoms with Gasteiger partial charge in [-0.1, -0.05) is 51.9 Å². The number of nitrogens with zero attached hydrogens (tertiary/aromatic N) is 3. The fraction of sp³-hybridized carbons (Fsp3) is 0.211. The van der Waals surface area contributed by atoms with Crippen LogP contribution in [0.3, 0.4) is 0 Å². The zero-order chi connectivity index (χ0) is 17.0. The predicted molar refractivity (Wildman–Crippen MR) is 107 cm³/mol. The van der Waals surface area contributed by atoms with E-state index in [0.29, 0.717) is 6.54 Å². The summed E-state index contributed by atoms with van der Waals surface area (Å²) in [5, 5.41) is 0. The molecule has 0 radical (unpaired) electrons. The second kappa shape index (κ2) is 10.7. The molecule has 0 atom stereocenters. The van der Waals surface area contributed by atoms with Crippen LogP contribution in [0.15, 0.2) is 73.3 Å². The molecule has 0 aliphatic rings. The lowest BCUT2D eigenvalue weighted by Crippen LogP contribution is -1.78. The Labute approximate surface area is 151 Å². The minimum absolute atomic E-state index is 0.687. The molecule has 0 saturated carbocycles. The molecule has 0 aliphatic heterocycles. The van der Waals surface area contributed by atoms with Crippen LogP contribution in [0.1, 0.15) is 19.4 Å². The molecule has 2 rings (SSSR count). The van der Waals surface area contributed by atoms with Crippen molar-refractivity contribution >= 4 is 45.2 Å². The average Bonchev–Trinajstić information content (AvgIpc) is 2.62. The highest BCUT2D eigenvalue weighted by atomic mass is 33.1. The van der Waals surface area contributed by atoms with E-state index in [1.54, 1.807) is 21.6 Å². The molecule has 0 aliphatic carbocycles. The van der Waals surface area contributed by atoms with Gasteiger partial charge in [-0.15, -0.1) is 0 Å². The first kappa shape index (κ1) is 18.3. The van der Waals surface area contributed by atoms with Crippen molar-refractivity contribution < 1.29 is 0 Å². The van der Waals surface area contributed by atoms with Gasteiger partial charge in [0.2, 0.25) is 0 Å². The van der Waals surface area contributed by atoms with Gasteiger partial charge in [0.05, 0.1) is 11.7 Å². The average molecular weight is 354 g/mol. The Morgan fingerprint density at radius 1 is 0.875 bits per heavy atom. The van der Waals surface area contributed by atoms with Gasteiger partial charge in [0.25, 0.3) is 0 Å². The summed E-state index contributed by atoms with van der Waals surface area (Å²) in [4.78, 5) is 14.7. The van der Waals surface area contributed by atoms with Crippen LogP contribution in [0.25, 0.3) is 6.08 Å². The number of benzene rings is 2. The fourth-order valence-electron chi connectivity index (χ4n) is 1.75. The Bertz CT molecular complexity index is 719. The molecular formula is C19H19N3S2. The van der Waals surface area contributed by atoms with Crippen molar-refractivity contribution in [2.24, 2.45) is 15.0 Å². The molecule has 24 heavy (non-hydrogen) atoms. The van der Waals surface area contributed by atoms with Crippen LogP contribution >= 0.6 is 21.6 Å². The normalized spacial score (nSPS) is 9.58. The Hall–Kier alpha value is -2.03. The van der Waals surface area contributed by atoms with Gasteiger partial charge in [-0.2, -0.15) is 4.99 Å². The zero-order valence-corrected chi connectivity index (χ0v) is 15.4. The maximum absolute atomic E-state index is 4.31. The molecule has 0 saturated heterocycles. The quantitative estimate of drug-likeness (QED) is 0.451. The van der Waals surface area contributed by atoms with E-state index in [1.165, 1.54) is 4.90 Å². The maximum Gasteiger partial charge on any atom is 0.0949 e. The lowest BCUT2D eigenvalue weighted by Gasteiger charge is -2.06. The van der Waals surface area contributed by atoms with E-state index in [4.69, 9.17) is 0 Å². The second-order valence-electron chi connectivity index (χ2n) is 4.61. The highest BCUT2D eigenvalue weighted by Gasteiger charge is 2.05. The highest BCUT2D eigenvalue weighted by molar-refractivity contribution is 8.76. The third-order valence-electron chi connectivity index (χ3n) is 2.87. The van der Waals surface area contributed by atoms with Gasteiger partial charge < -0.3 is 0 Å². The predicted octanol–water partition coefficient (Wildman–Crippen LogP) is 6.01. The van der Waals surface area contributed by atoms with Crippen molar-refractivity contribution in [3.8, 4) is 0 Å². The fourth-order valence-corrected chi connectivity index (χ4v) is 4.04. The monoisotopic (exact) mass is 353 g/mol. The van der Waals surface area contributed by atoms with E-state index in [2.05, 4.69) is 45.1 Å². The van der Waals surface area contributed by atoms with E-state index in [0.717, 1.165) is 22.7 Å². The molecule has 0 bridgehead atoms. The third-order valence-corrected chi connectivity index (χ3v) is 5.36. The van der Waals surface area contributed by atoms with Crippen LogP contribution in [0.2, 0.25) is 0 Å². The van der Waals surface area contributed by atoms with Crippen molar-refractivity contribution in [3.63, 3.8) is 0 Å². The Balaban J connectivity index is 2.18. The number of hydrogen-bond donors (Lipinski definition) is 0. The van der Waals surface area contributed by atoms with Gasteiger partial charge in [-0.25, -0.2) is 9.98 Å². The van der Waals surface area contributed by atoms with E-state index in [1.807, 2.05) is 50.3 Å². The van der Waals surface area contributed by atoms with Crippen LogP contribution in [-0.2, 0) is 0 Å². The molecule has 0 amide bonds. The summed E-state index contributed by atoms with van der Waals surface area (Å²) >= 11 is 0. The molecule has 3 nitrogen and oxygen atoms in total. The van der Waals surface area contributed by atoms with Crippen LogP contribution in [0.5, 0.6) is 0 Å². The SMILES string of the molecule is CCN=C=Cc1ccccc1SSc1ccccc1N=C=NCC. The van der Waals surface area contributed by atoms with E-state index < -0.39 is 0 Å². The topological polar surface area (TPSA) is 37.1 Å². The van der Waals surface area contributed by atoms with Gasteiger partial charge in [0.15, 0.2) is 0 Å². The first-order valence-corrected chi connectivity index (χ1v) is 9.90. The first-order chi connectivity index (χ1) is 11.8. The molecule has 0 heterocycles.